The number of likely N-dealkylation sites (N-methyl/N-ethyl adjacent to an activating group) is 1. The smallest absolute Gasteiger partial charge is 0.347 e. The lowest BCUT2D eigenvalue weighted by molar-refractivity contribution is -0.170. The van der Waals surface area contributed by atoms with Crippen LogP contribution in [0.15, 0.2) is 30.3 Å². The van der Waals surface area contributed by atoms with Gasteiger partial charge in [0.15, 0.2) is 6.10 Å². The highest BCUT2D eigenvalue weighted by Crippen LogP contribution is 2.12. The Balaban J connectivity index is 2.51. The number of esters is 2. The molecule has 2 atom stereocenters. The van der Waals surface area contributed by atoms with Crippen molar-refractivity contribution in [1.29, 1.82) is 0 Å². The van der Waals surface area contributed by atoms with Crippen LogP contribution in [0.3, 0.4) is 0 Å². The fourth-order valence-corrected chi connectivity index (χ4v) is 2.11. The molecule has 1 aromatic carbocycles. The summed E-state index contributed by atoms with van der Waals surface area (Å²) in [6.45, 7) is 5.79. The molecule has 128 valence electrons. The Labute approximate surface area is 138 Å². The number of ether oxygens (including phenoxy) is 2. The number of rotatable bonds is 8. The Morgan fingerprint density at radius 2 is 1.65 bits per heavy atom. The molecular weight excluding hydrogens is 294 g/mol. The fourth-order valence-electron chi connectivity index (χ4n) is 2.11. The first-order valence-electron chi connectivity index (χ1n) is 7.88. The van der Waals surface area contributed by atoms with Gasteiger partial charge in [0.1, 0.15) is 12.6 Å². The molecule has 0 aliphatic heterocycles. The van der Waals surface area contributed by atoms with Crippen LogP contribution in [0.1, 0.15) is 32.8 Å². The van der Waals surface area contributed by atoms with Gasteiger partial charge in [-0.05, 0) is 38.9 Å². The van der Waals surface area contributed by atoms with Crippen LogP contribution in [0.25, 0.3) is 0 Å². The van der Waals surface area contributed by atoms with E-state index in [1.165, 1.54) is 6.92 Å². The Bertz CT molecular complexity index is 499. The summed E-state index contributed by atoms with van der Waals surface area (Å²) in [7, 11) is 3.65. The predicted molar refractivity (Wildman–Crippen MR) is 88.7 cm³/mol. The summed E-state index contributed by atoms with van der Waals surface area (Å²) in [5.74, 6) is -0.576. The van der Waals surface area contributed by atoms with Crippen LogP contribution in [0.4, 0.5) is 0 Å². The average Bonchev–Trinajstić information content (AvgIpc) is 2.50. The van der Waals surface area contributed by atoms with Gasteiger partial charge in [0.05, 0.1) is 0 Å². The minimum absolute atomic E-state index is 0.171. The second-order valence-electron chi connectivity index (χ2n) is 6.28. The summed E-state index contributed by atoms with van der Waals surface area (Å²) in [6, 6.07) is 9.02. The Morgan fingerprint density at radius 3 is 2.17 bits per heavy atom. The summed E-state index contributed by atoms with van der Waals surface area (Å²) in [5, 5.41) is 0. The highest BCUT2D eigenvalue weighted by molar-refractivity contribution is 5.81. The molecule has 0 aromatic heterocycles. The summed E-state index contributed by atoms with van der Waals surface area (Å²) in [6.07, 6.45) is -0.238. The summed E-state index contributed by atoms with van der Waals surface area (Å²) < 4.78 is 10.5. The van der Waals surface area contributed by atoms with E-state index in [1.807, 2.05) is 63.2 Å². The maximum atomic E-state index is 12.2. The molecule has 0 aliphatic carbocycles. The Morgan fingerprint density at radius 1 is 1.04 bits per heavy atom. The quantitative estimate of drug-likeness (QED) is 0.689. The molecule has 0 spiro atoms. The topological polar surface area (TPSA) is 55.8 Å². The van der Waals surface area contributed by atoms with E-state index in [0.29, 0.717) is 12.3 Å². The third kappa shape index (κ3) is 6.82. The number of hydrogen-bond donors (Lipinski definition) is 0. The van der Waals surface area contributed by atoms with Crippen LogP contribution in [0.5, 0.6) is 0 Å². The first-order valence-corrected chi connectivity index (χ1v) is 7.88. The molecule has 0 N–H and O–H groups in total. The van der Waals surface area contributed by atoms with E-state index in [4.69, 9.17) is 9.47 Å². The SMILES string of the molecule is CC(C)C[C@@H](C(=O)O[C@H](C)C(=O)OCc1ccccc1)N(C)C. The average molecular weight is 321 g/mol. The van der Waals surface area contributed by atoms with Crippen LogP contribution in [0, 0.1) is 5.92 Å². The van der Waals surface area contributed by atoms with Gasteiger partial charge in [-0.25, -0.2) is 4.79 Å². The lowest BCUT2D eigenvalue weighted by atomic mass is 10.0. The maximum Gasteiger partial charge on any atom is 0.347 e. The van der Waals surface area contributed by atoms with Gasteiger partial charge in [-0.15, -0.1) is 0 Å². The minimum Gasteiger partial charge on any atom is -0.458 e. The fraction of sp³-hybridized carbons (Fsp3) is 0.556. The lowest BCUT2D eigenvalue weighted by Crippen LogP contribution is -2.41. The van der Waals surface area contributed by atoms with Gasteiger partial charge in [0.25, 0.3) is 0 Å². The summed E-state index contributed by atoms with van der Waals surface area (Å²) >= 11 is 0. The molecule has 23 heavy (non-hydrogen) atoms. The third-order valence-corrected chi connectivity index (χ3v) is 3.44. The maximum absolute atomic E-state index is 12.2. The van der Waals surface area contributed by atoms with Gasteiger partial charge >= 0.3 is 11.9 Å². The van der Waals surface area contributed by atoms with Crippen LogP contribution in [-0.4, -0.2) is 43.1 Å². The van der Waals surface area contributed by atoms with Crippen molar-refractivity contribution in [2.75, 3.05) is 14.1 Å². The molecule has 0 amide bonds. The number of carbonyl (C=O) groups excluding carboxylic acids is 2. The molecule has 0 saturated carbocycles. The molecule has 0 radical (unpaired) electrons. The lowest BCUT2D eigenvalue weighted by Gasteiger charge is -2.25. The van der Waals surface area contributed by atoms with Crippen molar-refractivity contribution in [3.8, 4) is 0 Å². The van der Waals surface area contributed by atoms with Crippen molar-refractivity contribution in [1.82, 2.24) is 4.90 Å². The number of benzene rings is 1. The van der Waals surface area contributed by atoms with Crippen molar-refractivity contribution >= 4 is 11.9 Å². The molecule has 0 saturated heterocycles. The van der Waals surface area contributed by atoms with Gasteiger partial charge < -0.3 is 9.47 Å². The molecule has 1 aromatic rings. The standard InChI is InChI=1S/C18H27NO4/c1-13(2)11-16(19(4)5)18(21)23-14(3)17(20)22-12-15-9-7-6-8-10-15/h6-10,13-14,16H,11-12H2,1-5H3/t14-,16+/m1/s1. The van der Waals surface area contributed by atoms with Crippen LogP contribution >= 0.6 is 0 Å². The minimum atomic E-state index is -0.916. The van der Waals surface area contributed by atoms with E-state index < -0.39 is 18.0 Å². The summed E-state index contributed by atoms with van der Waals surface area (Å²) in [5.41, 5.74) is 0.894. The first-order chi connectivity index (χ1) is 10.8. The zero-order valence-corrected chi connectivity index (χ0v) is 14.6. The first kappa shape index (κ1) is 19.2. The van der Waals surface area contributed by atoms with Crippen molar-refractivity contribution in [2.45, 2.75) is 45.9 Å². The van der Waals surface area contributed by atoms with E-state index in [2.05, 4.69) is 0 Å². The second-order valence-corrected chi connectivity index (χ2v) is 6.28. The molecular formula is C18H27NO4. The van der Waals surface area contributed by atoms with Crippen molar-refractivity contribution in [2.24, 2.45) is 5.92 Å². The van der Waals surface area contributed by atoms with Crippen LogP contribution in [0.2, 0.25) is 0 Å². The highest BCUT2D eigenvalue weighted by Gasteiger charge is 2.27. The number of carbonyl (C=O) groups is 2. The predicted octanol–water partition coefficient (Wildman–Crippen LogP) is 2.64. The van der Waals surface area contributed by atoms with Gasteiger partial charge in [-0.3, -0.25) is 9.69 Å². The van der Waals surface area contributed by atoms with E-state index in [-0.39, 0.29) is 12.6 Å². The van der Waals surface area contributed by atoms with E-state index >= 15 is 0 Å². The number of hydrogen-bond acceptors (Lipinski definition) is 5. The van der Waals surface area contributed by atoms with Crippen molar-refractivity contribution < 1.29 is 19.1 Å². The normalized spacial score (nSPS) is 13.7. The Kier molecular flexibility index (Phi) is 7.75. The zero-order valence-electron chi connectivity index (χ0n) is 14.6. The van der Waals surface area contributed by atoms with E-state index in [1.54, 1.807) is 0 Å². The zero-order chi connectivity index (χ0) is 17.4. The van der Waals surface area contributed by atoms with Crippen molar-refractivity contribution in [3.05, 3.63) is 35.9 Å². The number of nitrogens with zero attached hydrogens (tertiary/aromatic N) is 1. The molecule has 0 fully saturated rings. The summed E-state index contributed by atoms with van der Waals surface area (Å²) in [4.78, 5) is 26.0. The molecule has 0 heterocycles. The molecule has 5 nitrogen and oxygen atoms in total. The van der Waals surface area contributed by atoms with E-state index in [9.17, 15) is 9.59 Å². The van der Waals surface area contributed by atoms with Crippen molar-refractivity contribution in [3.63, 3.8) is 0 Å². The van der Waals surface area contributed by atoms with Crippen LogP contribution < -0.4 is 0 Å². The largest absolute Gasteiger partial charge is 0.458 e. The third-order valence-electron chi connectivity index (χ3n) is 3.44. The molecule has 1 rings (SSSR count). The van der Waals surface area contributed by atoms with Gasteiger partial charge in [-0.1, -0.05) is 44.2 Å². The van der Waals surface area contributed by atoms with Gasteiger partial charge in [0.2, 0.25) is 0 Å². The second kappa shape index (κ2) is 9.30. The highest BCUT2D eigenvalue weighted by atomic mass is 16.6. The monoisotopic (exact) mass is 321 g/mol. The van der Waals surface area contributed by atoms with Gasteiger partial charge in [0, 0.05) is 0 Å². The molecule has 0 bridgehead atoms. The van der Waals surface area contributed by atoms with Crippen LogP contribution in [-0.2, 0) is 25.7 Å². The van der Waals surface area contributed by atoms with E-state index in [0.717, 1.165) is 5.56 Å². The Hall–Kier alpha value is -1.88. The molecule has 5 heteroatoms. The molecule has 0 unspecified atom stereocenters. The van der Waals surface area contributed by atoms with Gasteiger partial charge in [-0.2, -0.15) is 0 Å². The molecule has 0 aliphatic rings.